The summed E-state index contributed by atoms with van der Waals surface area (Å²) in [7, 11) is 0. The second-order valence-corrected chi connectivity index (χ2v) is 5.03. The number of amides is 1. The lowest BCUT2D eigenvalue weighted by Gasteiger charge is -2.36. The highest BCUT2D eigenvalue weighted by Gasteiger charge is 2.37. The van der Waals surface area contributed by atoms with Gasteiger partial charge in [-0.25, -0.2) is 4.79 Å². The predicted molar refractivity (Wildman–Crippen MR) is 67.4 cm³/mol. The van der Waals surface area contributed by atoms with Gasteiger partial charge in [0.15, 0.2) is 0 Å². The van der Waals surface area contributed by atoms with E-state index < -0.39 is 11.6 Å². The highest BCUT2D eigenvalue weighted by Crippen LogP contribution is 2.28. The molecule has 3 N–H and O–H groups in total. The number of carbonyl (C=O) groups excluding carboxylic acids is 1. The topological polar surface area (TPSA) is 64.3 Å². The fourth-order valence-electron chi connectivity index (χ4n) is 2.03. The van der Waals surface area contributed by atoms with Crippen molar-refractivity contribution in [2.45, 2.75) is 57.6 Å². The first-order chi connectivity index (χ1) is 7.46. The molecule has 0 aliphatic heterocycles. The van der Waals surface area contributed by atoms with Crippen LogP contribution in [0.5, 0.6) is 0 Å². The molecule has 0 aromatic carbocycles. The Labute approximate surface area is 102 Å². The standard InChI is InChI=1S/C11H20N2O2S/c1-8(2)15-10(14)13-11(9(12)16)6-4-3-5-7-11/h8H,3-7H2,1-2H3,(H2,12,16)(H,13,14). The van der Waals surface area contributed by atoms with Gasteiger partial charge in [-0.05, 0) is 26.7 Å². The molecular weight excluding hydrogens is 224 g/mol. The molecule has 0 aromatic rings. The van der Waals surface area contributed by atoms with Gasteiger partial charge in [0, 0.05) is 0 Å². The van der Waals surface area contributed by atoms with Crippen LogP contribution in [0.3, 0.4) is 0 Å². The zero-order chi connectivity index (χ0) is 12.2. The van der Waals surface area contributed by atoms with Crippen LogP contribution >= 0.6 is 12.2 Å². The molecule has 1 aliphatic carbocycles. The summed E-state index contributed by atoms with van der Waals surface area (Å²) < 4.78 is 5.06. The highest BCUT2D eigenvalue weighted by atomic mass is 32.1. The van der Waals surface area contributed by atoms with Crippen LogP contribution in [0.25, 0.3) is 0 Å². The van der Waals surface area contributed by atoms with E-state index in [1.807, 2.05) is 13.8 Å². The van der Waals surface area contributed by atoms with Crippen LogP contribution < -0.4 is 11.1 Å². The number of thiocarbonyl (C=S) groups is 1. The Morgan fingerprint density at radius 2 is 1.94 bits per heavy atom. The maximum atomic E-state index is 11.6. The summed E-state index contributed by atoms with van der Waals surface area (Å²) in [6, 6.07) is 0. The molecule has 1 amide bonds. The summed E-state index contributed by atoms with van der Waals surface area (Å²) >= 11 is 5.07. The molecule has 0 aromatic heterocycles. The lowest BCUT2D eigenvalue weighted by atomic mass is 9.82. The van der Waals surface area contributed by atoms with Crippen molar-refractivity contribution in [3.05, 3.63) is 0 Å². The molecule has 0 bridgehead atoms. The molecule has 0 heterocycles. The van der Waals surface area contributed by atoms with Gasteiger partial charge in [0.25, 0.3) is 0 Å². The quantitative estimate of drug-likeness (QED) is 0.746. The van der Waals surface area contributed by atoms with E-state index in [2.05, 4.69) is 5.32 Å². The Morgan fingerprint density at radius 3 is 2.38 bits per heavy atom. The molecule has 1 fully saturated rings. The molecule has 16 heavy (non-hydrogen) atoms. The van der Waals surface area contributed by atoms with Crippen LogP contribution in [0.4, 0.5) is 4.79 Å². The van der Waals surface area contributed by atoms with Crippen molar-refractivity contribution in [2.75, 3.05) is 0 Å². The van der Waals surface area contributed by atoms with E-state index in [9.17, 15) is 4.79 Å². The molecule has 0 radical (unpaired) electrons. The van der Waals surface area contributed by atoms with E-state index in [-0.39, 0.29) is 6.10 Å². The first kappa shape index (κ1) is 13.2. The van der Waals surface area contributed by atoms with E-state index in [4.69, 9.17) is 22.7 Å². The predicted octanol–water partition coefficient (Wildman–Crippen LogP) is 2.11. The van der Waals surface area contributed by atoms with Crippen molar-refractivity contribution in [3.8, 4) is 0 Å². The van der Waals surface area contributed by atoms with Crippen molar-refractivity contribution >= 4 is 23.3 Å². The molecule has 1 saturated carbocycles. The molecule has 0 saturated heterocycles. The van der Waals surface area contributed by atoms with Crippen molar-refractivity contribution in [3.63, 3.8) is 0 Å². The van der Waals surface area contributed by atoms with Gasteiger partial charge >= 0.3 is 6.09 Å². The fraction of sp³-hybridized carbons (Fsp3) is 0.818. The van der Waals surface area contributed by atoms with Gasteiger partial charge in [-0.2, -0.15) is 0 Å². The molecule has 1 aliphatic rings. The highest BCUT2D eigenvalue weighted by molar-refractivity contribution is 7.80. The summed E-state index contributed by atoms with van der Waals surface area (Å²) in [4.78, 5) is 12.0. The van der Waals surface area contributed by atoms with Gasteiger partial charge in [0.1, 0.15) is 0 Å². The summed E-state index contributed by atoms with van der Waals surface area (Å²) in [6.07, 6.45) is 4.33. The lowest BCUT2D eigenvalue weighted by molar-refractivity contribution is 0.106. The number of carbonyl (C=O) groups is 1. The summed E-state index contributed by atoms with van der Waals surface area (Å²) in [5.41, 5.74) is 5.21. The second-order valence-electron chi connectivity index (χ2n) is 4.59. The average Bonchev–Trinajstić information content (AvgIpc) is 2.17. The number of nitrogens with one attached hydrogen (secondary N) is 1. The van der Waals surface area contributed by atoms with Crippen molar-refractivity contribution in [1.82, 2.24) is 5.32 Å². The van der Waals surface area contributed by atoms with E-state index in [1.165, 1.54) is 6.42 Å². The van der Waals surface area contributed by atoms with Gasteiger partial charge in [-0.15, -0.1) is 0 Å². The summed E-state index contributed by atoms with van der Waals surface area (Å²) in [5.74, 6) is 0. The van der Waals surface area contributed by atoms with Crippen LogP contribution in [-0.2, 0) is 4.74 Å². The van der Waals surface area contributed by atoms with E-state index in [0.717, 1.165) is 25.7 Å². The Balaban J connectivity index is 2.64. The minimum absolute atomic E-state index is 0.132. The Hall–Kier alpha value is -0.840. The average molecular weight is 244 g/mol. The number of hydrogen-bond acceptors (Lipinski definition) is 3. The van der Waals surface area contributed by atoms with Crippen LogP contribution in [0.15, 0.2) is 0 Å². The van der Waals surface area contributed by atoms with Crippen LogP contribution in [-0.4, -0.2) is 22.7 Å². The molecule has 1 rings (SSSR count). The molecule has 0 atom stereocenters. The first-order valence-corrected chi connectivity index (χ1v) is 6.16. The Kier molecular flexibility index (Phi) is 4.53. The van der Waals surface area contributed by atoms with Gasteiger partial charge < -0.3 is 15.8 Å². The zero-order valence-electron chi connectivity index (χ0n) is 9.91. The monoisotopic (exact) mass is 244 g/mol. The molecule has 92 valence electrons. The van der Waals surface area contributed by atoms with Gasteiger partial charge in [-0.1, -0.05) is 31.5 Å². The van der Waals surface area contributed by atoms with Gasteiger partial charge in [0.05, 0.1) is 16.6 Å². The van der Waals surface area contributed by atoms with Crippen LogP contribution in [0.2, 0.25) is 0 Å². The van der Waals surface area contributed by atoms with Crippen molar-refractivity contribution in [2.24, 2.45) is 5.73 Å². The second kappa shape index (κ2) is 5.48. The largest absolute Gasteiger partial charge is 0.447 e. The van der Waals surface area contributed by atoms with Crippen molar-refractivity contribution < 1.29 is 9.53 Å². The SMILES string of the molecule is CC(C)OC(=O)NC1(C(N)=S)CCCCC1. The van der Waals surface area contributed by atoms with Crippen molar-refractivity contribution in [1.29, 1.82) is 0 Å². The third-order valence-electron chi connectivity index (χ3n) is 2.86. The Bertz CT molecular complexity index is 273. The number of nitrogens with two attached hydrogens (primary N) is 1. The number of rotatable bonds is 3. The third kappa shape index (κ3) is 3.33. The van der Waals surface area contributed by atoms with E-state index in [0.29, 0.717) is 4.99 Å². The van der Waals surface area contributed by atoms with Gasteiger partial charge in [-0.3, -0.25) is 0 Å². The molecular formula is C11H20N2O2S. The normalized spacial score (nSPS) is 19.2. The molecule has 0 spiro atoms. The fourth-order valence-corrected chi connectivity index (χ4v) is 2.28. The van der Waals surface area contributed by atoms with Crippen LogP contribution in [0, 0.1) is 0 Å². The van der Waals surface area contributed by atoms with E-state index >= 15 is 0 Å². The minimum Gasteiger partial charge on any atom is -0.447 e. The maximum absolute atomic E-state index is 11.6. The molecule has 0 unspecified atom stereocenters. The summed E-state index contributed by atoms with van der Waals surface area (Å²) in [6.45, 7) is 3.63. The lowest BCUT2D eigenvalue weighted by Crippen LogP contribution is -2.58. The van der Waals surface area contributed by atoms with Crippen LogP contribution in [0.1, 0.15) is 46.0 Å². The number of alkyl carbamates (subject to hydrolysis) is 1. The molecule has 5 heteroatoms. The smallest absolute Gasteiger partial charge is 0.408 e. The molecule has 4 nitrogen and oxygen atoms in total. The van der Waals surface area contributed by atoms with Gasteiger partial charge in [0.2, 0.25) is 0 Å². The first-order valence-electron chi connectivity index (χ1n) is 5.75. The number of ether oxygens (including phenoxy) is 1. The summed E-state index contributed by atoms with van der Waals surface area (Å²) in [5, 5.41) is 2.84. The zero-order valence-corrected chi connectivity index (χ0v) is 10.7. The Morgan fingerprint density at radius 1 is 1.38 bits per heavy atom. The number of hydrogen-bond donors (Lipinski definition) is 2. The van der Waals surface area contributed by atoms with E-state index in [1.54, 1.807) is 0 Å². The maximum Gasteiger partial charge on any atom is 0.408 e. The third-order valence-corrected chi connectivity index (χ3v) is 3.25. The minimum atomic E-state index is -0.528.